The van der Waals surface area contributed by atoms with Crippen LogP contribution in [0.15, 0.2) is 15.9 Å². The van der Waals surface area contributed by atoms with Crippen molar-refractivity contribution in [3.8, 4) is 0 Å². The lowest BCUT2D eigenvalue weighted by molar-refractivity contribution is 0.384. The third-order valence-electron chi connectivity index (χ3n) is 3.02. The minimum Gasteiger partial charge on any atom is -0.371 e. The molecule has 2 aromatic heterocycles. The highest BCUT2D eigenvalue weighted by molar-refractivity contribution is 5.69. The van der Waals surface area contributed by atoms with Gasteiger partial charge in [-0.2, -0.15) is 0 Å². The fourth-order valence-electron chi connectivity index (χ4n) is 1.93. The molecule has 1 unspecified atom stereocenters. The molecule has 1 aliphatic heterocycles. The summed E-state index contributed by atoms with van der Waals surface area (Å²) in [6.07, 6.45) is 1.74. The summed E-state index contributed by atoms with van der Waals surface area (Å²) in [6, 6.07) is 0. The first-order valence-electron chi connectivity index (χ1n) is 5.32. The van der Waals surface area contributed by atoms with Gasteiger partial charge in [-0.1, -0.05) is 0 Å². The van der Waals surface area contributed by atoms with Crippen molar-refractivity contribution in [3.05, 3.63) is 27.2 Å². The molecule has 0 spiro atoms. The predicted octanol–water partition coefficient (Wildman–Crippen LogP) is -1.17. The Bertz CT molecular complexity index is 705. The Kier molecular flexibility index (Phi) is 1.99. The van der Waals surface area contributed by atoms with Crippen LogP contribution in [0.5, 0.6) is 0 Å². The third kappa shape index (κ3) is 1.42. The van der Waals surface area contributed by atoms with Crippen molar-refractivity contribution in [2.24, 2.45) is 14.1 Å². The zero-order valence-corrected chi connectivity index (χ0v) is 9.58. The molecule has 3 heterocycles. The second kappa shape index (κ2) is 3.30. The molecule has 3 rings (SSSR count). The first-order valence-corrected chi connectivity index (χ1v) is 5.32. The molecule has 1 aliphatic rings. The Balaban J connectivity index is 2.34. The maximum absolute atomic E-state index is 12.0. The van der Waals surface area contributed by atoms with E-state index in [1.165, 1.54) is 11.6 Å². The summed E-state index contributed by atoms with van der Waals surface area (Å²) < 4.78 is 9.34. The molecule has 17 heavy (non-hydrogen) atoms. The molecule has 0 aliphatic carbocycles. The van der Waals surface area contributed by atoms with Gasteiger partial charge in [0.05, 0.1) is 25.6 Å². The van der Waals surface area contributed by atoms with Crippen LogP contribution in [-0.4, -0.2) is 31.4 Å². The number of nitrogens with zero attached hydrogens (tertiary/aromatic N) is 4. The highest BCUT2D eigenvalue weighted by atomic mass is 16.6. The maximum Gasteiger partial charge on any atom is 0.332 e. The van der Waals surface area contributed by atoms with Gasteiger partial charge in [0.2, 0.25) is 0 Å². The molecule has 7 nitrogen and oxygen atoms in total. The van der Waals surface area contributed by atoms with E-state index in [4.69, 9.17) is 4.74 Å². The highest BCUT2D eigenvalue weighted by Gasteiger charge is 2.25. The van der Waals surface area contributed by atoms with E-state index in [2.05, 4.69) is 4.98 Å². The summed E-state index contributed by atoms with van der Waals surface area (Å²) in [6.45, 7) is 1.32. The average molecular weight is 236 g/mol. The average Bonchev–Trinajstić information content (AvgIpc) is 3.02. The quantitative estimate of drug-likeness (QED) is 0.616. The first kappa shape index (κ1) is 10.3. The topological polar surface area (TPSA) is 74.3 Å². The van der Waals surface area contributed by atoms with Crippen LogP contribution in [0, 0.1) is 0 Å². The van der Waals surface area contributed by atoms with Crippen LogP contribution in [0.25, 0.3) is 11.2 Å². The summed E-state index contributed by atoms with van der Waals surface area (Å²) >= 11 is 0. The third-order valence-corrected chi connectivity index (χ3v) is 3.02. The van der Waals surface area contributed by atoms with Crippen molar-refractivity contribution in [1.29, 1.82) is 0 Å². The molecule has 7 heteroatoms. The SMILES string of the molecule is Cn1c(=O)c2c(ncn2CC2CO2)n(C)c1=O. The molecule has 0 aromatic carbocycles. The van der Waals surface area contributed by atoms with Crippen molar-refractivity contribution in [3.63, 3.8) is 0 Å². The number of rotatable bonds is 2. The molecular formula is C10H12N4O3. The van der Waals surface area contributed by atoms with Crippen molar-refractivity contribution >= 4 is 11.2 Å². The lowest BCUT2D eigenvalue weighted by Gasteiger charge is -2.04. The lowest BCUT2D eigenvalue weighted by atomic mass is 10.4. The minimum absolute atomic E-state index is 0.161. The Morgan fingerprint density at radius 1 is 1.41 bits per heavy atom. The van der Waals surface area contributed by atoms with Crippen LogP contribution in [-0.2, 0) is 25.4 Å². The number of imidazole rings is 1. The van der Waals surface area contributed by atoms with Gasteiger partial charge in [-0.05, 0) is 0 Å². The predicted molar refractivity (Wildman–Crippen MR) is 60.0 cm³/mol. The molecule has 0 N–H and O–H groups in total. The molecule has 0 radical (unpaired) electrons. The number of hydrogen-bond acceptors (Lipinski definition) is 4. The van der Waals surface area contributed by atoms with Gasteiger partial charge in [0, 0.05) is 14.1 Å². The Labute approximate surface area is 95.9 Å². The number of hydrogen-bond donors (Lipinski definition) is 0. The van der Waals surface area contributed by atoms with Crippen molar-refractivity contribution in [2.45, 2.75) is 12.6 Å². The summed E-state index contributed by atoms with van der Waals surface area (Å²) in [5.74, 6) is 0. The monoisotopic (exact) mass is 236 g/mol. The second-order valence-electron chi connectivity index (χ2n) is 4.23. The highest BCUT2D eigenvalue weighted by Crippen LogP contribution is 2.14. The molecule has 0 bridgehead atoms. The van der Waals surface area contributed by atoms with Gasteiger partial charge < -0.3 is 9.30 Å². The Morgan fingerprint density at radius 3 is 2.76 bits per heavy atom. The van der Waals surface area contributed by atoms with Crippen LogP contribution in [0.4, 0.5) is 0 Å². The number of ether oxygens (including phenoxy) is 1. The van der Waals surface area contributed by atoms with Crippen LogP contribution in [0.3, 0.4) is 0 Å². The van der Waals surface area contributed by atoms with E-state index in [-0.39, 0.29) is 17.4 Å². The van der Waals surface area contributed by atoms with Crippen molar-refractivity contribution < 1.29 is 4.74 Å². The van der Waals surface area contributed by atoms with E-state index in [0.717, 1.165) is 4.57 Å². The standard InChI is InChI=1S/C10H12N4O3/c1-12-8-7(9(15)13(2)10(12)16)14(5-11-8)3-6-4-17-6/h5-6H,3-4H2,1-2H3. The minimum atomic E-state index is -0.365. The number of epoxide rings is 1. The van der Waals surface area contributed by atoms with Crippen molar-refractivity contribution in [2.75, 3.05) is 6.61 Å². The van der Waals surface area contributed by atoms with E-state index < -0.39 is 0 Å². The van der Waals surface area contributed by atoms with E-state index in [1.54, 1.807) is 17.9 Å². The molecule has 1 saturated heterocycles. The van der Waals surface area contributed by atoms with Crippen LogP contribution >= 0.6 is 0 Å². The van der Waals surface area contributed by atoms with E-state index in [9.17, 15) is 9.59 Å². The summed E-state index contributed by atoms with van der Waals surface area (Å²) in [7, 11) is 3.07. The molecule has 2 aromatic rings. The van der Waals surface area contributed by atoms with Crippen LogP contribution in [0.2, 0.25) is 0 Å². The molecular weight excluding hydrogens is 224 g/mol. The van der Waals surface area contributed by atoms with E-state index in [1.807, 2.05) is 0 Å². The molecule has 0 saturated carbocycles. The number of fused-ring (bicyclic) bond motifs is 1. The Morgan fingerprint density at radius 2 is 2.12 bits per heavy atom. The van der Waals surface area contributed by atoms with E-state index in [0.29, 0.717) is 24.3 Å². The normalized spacial score (nSPS) is 18.8. The lowest BCUT2D eigenvalue weighted by Crippen LogP contribution is -2.37. The van der Waals surface area contributed by atoms with Gasteiger partial charge in [-0.25, -0.2) is 9.78 Å². The van der Waals surface area contributed by atoms with Gasteiger partial charge in [0.25, 0.3) is 5.56 Å². The van der Waals surface area contributed by atoms with Gasteiger partial charge in [-0.15, -0.1) is 0 Å². The van der Waals surface area contributed by atoms with E-state index >= 15 is 0 Å². The molecule has 1 atom stereocenters. The molecule has 0 amide bonds. The number of aromatic nitrogens is 4. The van der Waals surface area contributed by atoms with Gasteiger partial charge in [0.15, 0.2) is 11.2 Å². The smallest absolute Gasteiger partial charge is 0.332 e. The Hall–Kier alpha value is -1.89. The van der Waals surface area contributed by atoms with Crippen LogP contribution in [0.1, 0.15) is 0 Å². The summed E-state index contributed by atoms with van der Waals surface area (Å²) in [5.41, 5.74) is 0.181. The number of aryl methyl sites for hydroxylation is 1. The summed E-state index contributed by atoms with van der Waals surface area (Å²) in [4.78, 5) is 27.9. The molecule has 1 fully saturated rings. The second-order valence-corrected chi connectivity index (χ2v) is 4.23. The first-order chi connectivity index (χ1) is 8.09. The summed E-state index contributed by atoms with van der Waals surface area (Å²) in [5, 5.41) is 0. The van der Waals surface area contributed by atoms with Gasteiger partial charge in [0.1, 0.15) is 0 Å². The fraction of sp³-hybridized carbons (Fsp3) is 0.500. The maximum atomic E-state index is 12.0. The molecule has 90 valence electrons. The largest absolute Gasteiger partial charge is 0.371 e. The van der Waals surface area contributed by atoms with Gasteiger partial charge in [-0.3, -0.25) is 13.9 Å². The van der Waals surface area contributed by atoms with Gasteiger partial charge >= 0.3 is 5.69 Å². The fourth-order valence-corrected chi connectivity index (χ4v) is 1.93. The van der Waals surface area contributed by atoms with Crippen LogP contribution < -0.4 is 11.2 Å². The van der Waals surface area contributed by atoms with Crippen molar-refractivity contribution in [1.82, 2.24) is 18.7 Å². The zero-order chi connectivity index (χ0) is 12.2. The zero-order valence-electron chi connectivity index (χ0n) is 9.58.